The molecule has 0 aliphatic carbocycles. The van der Waals surface area contributed by atoms with Crippen LogP contribution in [0.2, 0.25) is 5.02 Å². The Hall–Kier alpha value is -1.20. The maximum atomic E-state index is 6.07. The summed E-state index contributed by atoms with van der Waals surface area (Å²) in [6.07, 6.45) is 1.97. The summed E-state index contributed by atoms with van der Waals surface area (Å²) in [6, 6.07) is 3.86. The number of aromatic nitrogens is 3. The summed E-state index contributed by atoms with van der Waals surface area (Å²) in [6.45, 7) is 4.33. The Balaban J connectivity index is 2.14. The number of ether oxygens (including phenoxy) is 1. The molecule has 0 fully saturated rings. The number of nitrogens with zero attached hydrogens (tertiary/aromatic N) is 3. The van der Waals surface area contributed by atoms with Crippen molar-refractivity contribution in [3.63, 3.8) is 0 Å². The van der Waals surface area contributed by atoms with Crippen LogP contribution in [0.5, 0.6) is 5.75 Å². The Labute approximate surface area is 122 Å². The van der Waals surface area contributed by atoms with Crippen molar-refractivity contribution in [3.05, 3.63) is 34.1 Å². The highest BCUT2D eigenvalue weighted by Gasteiger charge is 2.10. The molecule has 6 heteroatoms. The van der Waals surface area contributed by atoms with Gasteiger partial charge in [0.25, 0.3) is 0 Å². The van der Waals surface area contributed by atoms with Gasteiger partial charge in [0, 0.05) is 12.1 Å². The van der Waals surface area contributed by atoms with Crippen molar-refractivity contribution in [2.24, 2.45) is 7.05 Å². The Bertz CT molecular complexity index is 598. The number of aryl methyl sites for hydroxylation is 2. The molecule has 2 aromatic rings. The van der Waals surface area contributed by atoms with Crippen LogP contribution in [0.3, 0.4) is 0 Å². The summed E-state index contributed by atoms with van der Waals surface area (Å²) in [5, 5.41) is 9.82. The van der Waals surface area contributed by atoms with E-state index in [1.807, 2.05) is 43.9 Å². The van der Waals surface area contributed by atoms with Crippen molar-refractivity contribution in [2.75, 3.05) is 6.26 Å². The lowest BCUT2D eigenvalue weighted by molar-refractivity contribution is 0.288. The van der Waals surface area contributed by atoms with Crippen LogP contribution < -0.4 is 4.74 Å². The van der Waals surface area contributed by atoms with Crippen LogP contribution >= 0.6 is 23.4 Å². The van der Waals surface area contributed by atoms with Gasteiger partial charge in [0.2, 0.25) is 0 Å². The number of benzene rings is 1. The van der Waals surface area contributed by atoms with Gasteiger partial charge < -0.3 is 9.30 Å². The lowest BCUT2D eigenvalue weighted by Gasteiger charge is -2.10. The van der Waals surface area contributed by atoms with E-state index in [-0.39, 0.29) is 0 Å². The first kappa shape index (κ1) is 14.2. The molecule has 1 aromatic carbocycles. The molecule has 19 heavy (non-hydrogen) atoms. The first-order valence-corrected chi connectivity index (χ1v) is 7.45. The topological polar surface area (TPSA) is 39.9 Å². The average molecular weight is 298 g/mol. The molecule has 0 spiro atoms. The number of hydrogen-bond donors (Lipinski definition) is 0. The SMILES string of the molecule is CSc1nnc(COc2cc(C)c(Cl)cc2C)n1C. The molecule has 0 unspecified atom stereocenters. The summed E-state index contributed by atoms with van der Waals surface area (Å²) in [7, 11) is 1.94. The lowest BCUT2D eigenvalue weighted by atomic mass is 10.1. The smallest absolute Gasteiger partial charge is 0.190 e. The Morgan fingerprint density at radius 2 is 2.00 bits per heavy atom. The van der Waals surface area contributed by atoms with E-state index in [2.05, 4.69) is 10.2 Å². The van der Waals surface area contributed by atoms with Crippen LogP contribution in [0.25, 0.3) is 0 Å². The molecule has 0 saturated heterocycles. The molecular formula is C13H16ClN3OS. The molecule has 0 aliphatic heterocycles. The van der Waals surface area contributed by atoms with Gasteiger partial charge in [0.1, 0.15) is 12.4 Å². The van der Waals surface area contributed by atoms with Crippen molar-refractivity contribution >= 4 is 23.4 Å². The van der Waals surface area contributed by atoms with E-state index in [0.717, 1.165) is 32.9 Å². The highest BCUT2D eigenvalue weighted by Crippen LogP contribution is 2.26. The third-order valence-electron chi connectivity index (χ3n) is 2.92. The number of rotatable bonds is 4. The maximum absolute atomic E-state index is 6.07. The molecule has 1 aromatic heterocycles. The molecule has 0 aliphatic rings. The molecule has 0 bridgehead atoms. The van der Waals surface area contributed by atoms with E-state index in [9.17, 15) is 0 Å². The van der Waals surface area contributed by atoms with Crippen molar-refractivity contribution in [3.8, 4) is 5.75 Å². The van der Waals surface area contributed by atoms with Gasteiger partial charge in [0.05, 0.1) is 0 Å². The van der Waals surface area contributed by atoms with Gasteiger partial charge >= 0.3 is 0 Å². The second-order valence-electron chi connectivity index (χ2n) is 4.32. The number of thioether (sulfide) groups is 1. The minimum Gasteiger partial charge on any atom is -0.485 e. The van der Waals surface area contributed by atoms with Crippen molar-refractivity contribution in [2.45, 2.75) is 25.6 Å². The van der Waals surface area contributed by atoms with Crippen LogP contribution in [0, 0.1) is 13.8 Å². The second-order valence-corrected chi connectivity index (χ2v) is 5.50. The average Bonchev–Trinajstić information content (AvgIpc) is 2.73. The van der Waals surface area contributed by atoms with Crippen LogP contribution in [-0.4, -0.2) is 21.0 Å². The summed E-state index contributed by atoms with van der Waals surface area (Å²) in [5.74, 6) is 1.63. The summed E-state index contributed by atoms with van der Waals surface area (Å²) in [5.41, 5.74) is 2.02. The van der Waals surface area contributed by atoms with E-state index in [0.29, 0.717) is 6.61 Å². The zero-order valence-electron chi connectivity index (χ0n) is 11.4. The molecule has 4 nitrogen and oxygen atoms in total. The van der Waals surface area contributed by atoms with Crippen LogP contribution in [0.1, 0.15) is 17.0 Å². The van der Waals surface area contributed by atoms with E-state index < -0.39 is 0 Å². The predicted octanol–water partition coefficient (Wildman–Crippen LogP) is 3.39. The zero-order chi connectivity index (χ0) is 14.0. The predicted molar refractivity (Wildman–Crippen MR) is 78.0 cm³/mol. The Morgan fingerprint density at radius 1 is 1.26 bits per heavy atom. The van der Waals surface area contributed by atoms with Gasteiger partial charge in [-0.2, -0.15) is 0 Å². The summed E-state index contributed by atoms with van der Waals surface area (Å²) < 4.78 is 7.74. The zero-order valence-corrected chi connectivity index (χ0v) is 13.0. The normalized spacial score (nSPS) is 10.8. The fourth-order valence-corrected chi connectivity index (χ4v) is 2.42. The van der Waals surface area contributed by atoms with Crippen LogP contribution in [-0.2, 0) is 13.7 Å². The fraction of sp³-hybridized carbons (Fsp3) is 0.385. The number of hydrogen-bond acceptors (Lipinski definition) is 4. The molecule has 0 N–H and O–H groups in total. The van der Waals surface area contributed by atoms with E-state index in [1.54, 1.807) is 11.8 Å². The van der Waals surface area contributed by atoms with Crippen molar-refractivity contribution in [1.29, 1.82) is 0 Å². The second kappa shape index (κ2) is 5.84. The molecule has 0 atom stereocenters. The molecule has 0 saturated carbocycles. The quantitative estimate of drug-likeness (QED) is 0.811. The van der Waals surface area contributed by atoms with Gasteiger partial charge in [-0.05, 0) is 43.4 Å². The lowest BCUT2D eigenvalue weighted by Crippen LogP contribution is -2.05. The first-order chi connectivity index (χ1) is 9.02. The minimum absolute atomic E-state index is 0.395. The fourth-order valence-electron chi connectivity index (χ4n) is 1.70. The van der Waals surface area contributed by atoms with Gasteiger partial charge in [-0.15, -0.1) is 10.2 Å². The van der Waals surface area contributed by atoms with Gasteiger partial charge in [-0.3, -0.25) is 0 Å². The molecular weight excluding hydrogens is 282 g/mol. The Kier molecular flexibility index (Phi) is 4.37. The maximum Gasteiger partial charge on any atom is 0.190 e. The molecule has 0 amide bonds. The molecule has 102 valence electrons. The summed E-state index contributed by atoms with van der Waals surface area (Å²) >= 11 is 7.63. The van der Waals surface area contributed by atoms with Gasteiger partial charge in [0.15, 0.2) is 11.0 Å². The third kappa shape index (κ3) is 3.04. The molecule has 0 radical (unpaired) electrons. The van der Waals surface area contributed by atoms with E-state index in [4.69, 9.17) is 16.3 Å². The van der Waals surface area contributed by atoms with Crippen molar-refractivity contribution < 1.29 is 4.74 Å². The molecule has 1 heterocycles. The van der Waals surface area contributed by atoms with E-state index >= 15 is 0 Å². The van der Waals surface area contributed by atoms with Gasteiger partial charge in [-0.25, -0.2) is 0 Å². The Morgan fingerprint density at radius 3 is 2.63 bits per heavy atom. The van der Waals surface area contributed by atoms with Crippen LogP contribution in [0.4, 0.5) is 0 Å². The van der Waals surface area contributed by atoms with Gasteiger partial charge in [-0.1, -0.05) is 23.4 Å². The summed E-state index contributed by atoms with van der Waals surface area (Å²) in [4.78, 5) is 0. The number of halogens is 1. The van der Waals surface area contributed by atoms with E-state index in [1.165, 1.54) is 0 Å². The highest BCUT2D eigenvalue weighted by atomic mass is 35.5. The minimum atomic E-state index is 0.395. The van der Waals surface area contributed by atoms with Crippen LogP contribution in [0.15, 0.2) is 17.3 Å². The standard InChI is InChI=1S/C13H16ClN3OS/c1-8-6-11(9(2)5-10(8)14)18-7-12-15-16-13(19-4)17(12)3/h5-6H,7H2,1-4H3. The monoisotopic (exact) mass is 297 g/mol. The largest absolute Gasteiger partial charge is 0.485 e. The first-order valence-electron chi connectivity index (χ1n) is 5.84. The highest BCUT2D eigenvalue weighted by molar-refractivity contribution is 7.98. The van der Waals surface area contributed by atoms with Crippen molar-refractivity contribution in [1.82, 2.24) is 14.8 Å². The molecule has 2 rings (SSSR count). The third-order valence-corrected chi connectivity index (χ3v) is 4.05.